The molecule has 0 aliphatic carbocycles. The van der Waals surface area contributed by atoms with Crippen molar-refractivity contribution in [2.75, 3.05) is 18.5 Å². The second-order valence-corrected chi connectivity index (χ2v) is 7.44. The lowest BCUT2D eigenvalue weighted by atomic mass is 10.2. The average molecular weight is 473 g/mol. The van der Waals surface area contributed by atoms with Crippen molar-refractivity contribution in [3.63, 3.8) is 0 Å². The molecule has 0 spiro atoms. The van der Waals surface area contributed by atoms with Crippen LogP contribution >= 0.6 is 23.2 Å². The molecule has 1 amide bonds. The monoisotopic (exact) mass is 472 g/mol. The molecular weight excluding hydrogens is 451 g/mol. The van der Waals surface area contributed by atoms with Crippen LogP contribution in [0, 0.1) is 0 Å². The Kier molecular flexibility index (Phi) is 8.78. The van der Waals surface area contributed by atoms with Gasteiger partial charge in [-0.2, -0.15) is 0 Å². The number of carbonyl (C=O) groups excluding carboxylic acids is 1. The number of halogens is 2. The molecule has 0 aromatic heterocycles. The molecule has 0 heterocycles. The Morgan fingerprint density at radius 1 is 1.03 bits per heavy atom. The molecule has 166 valence electrons. The summed E-state index contributed by atoms with van der Waals surface area (Å²) in [7, 11) is 0. The van der Waals surface area contributed by atoms with Crippen LogP contribution in [0.25, 0.3) is 0 Å². The fraction of sp³-hybridized carbons (Fsp3) is 0.167. The van der Waals surface area contributed by atoms with E-state index in [0.717, 1.165) is 5.56 Å². The van der Waals surface area contributed by atoms with Crippen molar-refractivity contribution >= 4 is 41.0 Å². The molecule has 0 saturated heterocycles. The predicted molar refractivity (Wildman–Crippen MR) is 127 cm³/mol. The number of nitrogens with one attached hydrogen (secondary N) is 1. The van der Waals surface area contributed by atoms with Crippen LogP contribution in [0.4, 0.5) is 5.69 Å². The van der Waals surface area contributed by atoms with Gasteiger partial charge >= 0.3 is 0 Å². The van der Waals surface area contributed by atoms with Crippen molar-refractivity contribution in [3.8, 4) is 11.5 Å². The minimum atomic E-state index is -0.345. The maximum Gasteiger partial charge on any atom is 0.265 e. The van der Waals surface area contributed by atoms with Crippen LogP contribution in [-0.2, 0) is 16.2 Å². The van der Waals surface area contributed by atoms with Crippen LogP contribution in [-0.4, -0.2) is 25.3 Å². The van der Waals surface area contributed by atoms with Crippen LogP contribution in [0.15, 0.2) is 71.9 Å². The summed E-state index contributed by atoms with van der Waals surface area (Å²) in [5.74, 6) is 0.609. The van der Waals surface area contributed by atoms with E-state index in [2.05, 4.69) is 10.5 Å². The zero-order valence-electron chi connectivity index (χ0n) is 17.4. The minimum absolute atomic E-state index is 0.247. The lowest BCUT2D eigenvalue weighted by Gasteiger charge is -2.14. The Morgan fingerprint density at radius 2 is 1.78 bits per heavy atom. The Bertz CT molecular complexity index is 1060. The normalized spacial score (nSPS) is 10.7. The number of amides is 1. The van der Waals surface area contributed by atoms with Gasteiger partial charge in [0.25, 0.3) is 5.91 Å². The van der Waals surface area contributed by atoms with E-state index in [0.29, 0.717) is 46.0 Å². The van der Waals surface area contributed by atoms with E-state index in [9.17, 15) is 4.79 Å². The van der Waals surface area contributed by atoms with Crippen LogP contribution in [0.3, 0.4) is 0 Å². The first-order valence-electron chi connectivity index (χ1n) is 9.89. The van der Waals surface area contributed by atoms with Gasteiger partial charge in [-0.25, -0.2) is 0 Å². The predicted octanol–water partition coefficient (Wildman–Crippen LogP) is 5.96. The summed E-state index contributed by atoms with van der Waals surface area (Å²) < 4.78 is 11.6. The van der Waals surface area contributed by atoms with Gasteiger partial charge in [0.1, 0.15) is 6.61 Å². The molecule has 0 radical (unpaired) electrons. The first-order chi connectivity index (χ1) is 15.5. The molecular formula is C24H22Cl2N2O4. The van der Waals surface area contributed by atoms with Crippen molar-refractivity contribution in [1.82, 2.24) is 0 Å². The molecule has 3 rings (SSSR count). The minimum Gasteiger partial charge on any atom is -0.490 e. The zero-order chi connectivity index (χ0) is 22.8. The number of rotatable bonds is 10. The van der Waals surface area contributed by atoms with Crippen LogP contribution < -0.4 is 14.8 Å². The molecule has 0 fully saturated rings. The quantitative estimate of drug-likeness (QED) is 0.291. The number of carbonyl (C=O) groups is 1. The van der Waals surface area contributed by atoms with Gasteiger partial charge < -0.3 is 19.6 Å². The number of anilines is 1. The van der Waals surface area contributed by atoms with Crippen LogP contribution in [0.2, 0.25) is 10.0 Å². The summed E-state index contributed by atoms with van der Waals surface area (Å²) in [5, 5.41) is 7.50. The number of ether oxygens (including phenoxy) is 2. The molecule has 0 aliphatic rings. The number of nitrogens with zero attached hydrogens (tertiary/aromatic N) is 1. The molecule has 0 saturated carbocycles. The molecule has 6 nitrogen and oxygen atoms in total. The van der Waals surface area contributed by atoms with Crippen molar-refractivity contribution in [2.24, 2.45) is 5.16 Å². The van der Waals surface area contributed by atoms with E-state index in [1.54, 1.807) is 36.4 Å². The summed E-state index contributed by atoms with van der Waals surface area (Å²) in [6, 6.07) is 20.0. The summed E-state index contributed by atoms with van der Waals surface area (Å²) in [4.78, 5) is 17.0. The van der Waals surface area contributed by atoms with Gasteiger partial charge in [0.2, 0.25) is 0 Å². The van der Waals surface area contributed by atoms with E-state index in [1.165, 1.54) is 6.21 Å². The maximum atomic E-state index is 11.9. The van der Waals surface area contributed by atoms with Gasteiger partial charge in [0.05, 0.1) is 17.8 Å². The van der Waals surface area contributed by atoms with E-state index >= 15 is 0 Å². The highest BCUT2D eigenvalue weighted by atomic mass is 35.5. The van der Waals surface area contributed by atoms with Gasteiger partial charge in [-0.1, -0.05) is 58.7 Å². The average Bonchev–Trinajstić information content (AvgIpc) is 2.79. The van der Waals surface area contributed by atoms with E-state index in [4.69, 9.17) is 37.5 Å². The summed E-state index contributed by atoms with van der Waals surface area (Å²) in [5.41, 5.74) is 2.27. The van der Waals surface area contributed by atoms with Gasteiger partial charge in [-0.3, -0.25) is 4.79 Å². The smallest absolute Gasteiger partial charge is 0.265 e. The number of hydrogen-bond donors (Lipinski definition) is 1. The number of benzene rings is 3. The van der Waals surface area contributed by atoms with Gasteiger partial charge in [-0.05, 0) is 48.9 Å². The molecule has 0 bridgehead atoms. The van der Waals surface area contributed by atoms with E-state index < -0.39 is 0 Å². The first-order valence-corrected chi connectivity index (χ1v) is 10.6. The topological polar surface area (TPSA) is 69.2 Å². The fourth-order valence-corrected chi connectivity index (χ4v) is 3.12. The fourth-order valence-electron chi connectivity index (χ4n) is 2.72. The third-order valence-corrected chi connectivity index (χ3v) is 4.69. The SMILES string of the molecule is CCOc1cc(/C=N/OCC(=O)Nc2ccc(Cl)cc2)cc(Cl)c1OCc1ccccc1. The standard InChI is InChI=1S/C24H22Cl2N2O4/c1-2-30-22-13-18(12-21(26)24(22)31-15-17-6-4-3-5-7-17)14-27-32-16-23(29)28-20-10-8-19(25)9-11-20/h3-14H,2,15-16H2,1H3,(H,28,29)/b27-14+. The van der Waals surface area contributed by atoms with Crippen molar-refractivity contribution in [2.45, 2.75) is 13.5 Å². The molecule has 1 N–H and O–H groups in total. The van der Waals surface area contributed by atoms with E-state index in [1.807, 2.05) is 37.3 Å². The Labute approximate surface area is 196 Å². The molecule has 0 unspecified atom stereocenters. The molecule has 8 heteroatoms. The highest BCUT2D eigenvalue weighted by molar-refractivity contribution is 6.32. The lowest BCUT2D eigenvalue weighted by molar-refractivity contribution is -0.120. The Balaban J connectivity index is 1.58. The Hall–Kier alpha value is -3.22. The summed E-state index contributed by atoms with van der Waals surface area (Å²) >= 11 is 12.2. The van der Waals surface area contributed by atoms with Crippen LogP contribution in [0.5, 0.6) is 11.5 Å². The third kappa shape index (κ3) is 7.18. The molecule has 32 heavy (non-hydrogen) atoms. The highest BCUT2D eigenvalue weighted by Gasteiger charge is 2.13. The second kappa shape index (κ2) is 12.0. The molecule has 3 aromatic carbocycles. The lowest BCUT2D eigenvalue weighted by Crippen LogP contribution is -2.16. The zero-order valence-corrected chi connectivity index (χ0v) is 18.9. The van der Waals surface area contributed by atoms with Gasteiger partial charge in [-0.15, -0.1) is 0 Å². The molecule has 0 aliphatic heterocycles. The largest absolute Gasteiger partial charge is 0.490 e. The van der Waals surface area contributed by atoms with Gasteiger partial charge in [0.15, 0.2) is 18.1 Å². The summed E-state index contributed by atoms with van der Waals surface area (Å²) in [6.07, 6.45) is 1.45. The first kappa shape index (κ1) is 23.4. The van der Waals surface area contributed by atoms with E-state index in [-0.39, 0.29) is 12.5 Å². The van der Waals surface area contributed by atoms with Crippen LogP contribution in [0.1, 0.15) is 18.1 Å². The second-order valence-electron chi connectivity index (χ2n) is 6.60. The number of oxime groups is 1. The summed E-state index contributed by atoms with van der Waals surface area (Å²) in [6.45, 7) is 2.43. The molecule has 3 aromatic rings. The highest BCUT2D eigenvalue weighted by Crippen LogP contribution is 2.37. The van der Waals surface area contributed by atoms with Crippen molar-refractivity contribution < 1.29 is 19.1 Å². The van der Waals surface area contributed by atoms with Gasteiger partial charge in [0, 0.05) is 16.3 Å². The molecule has 0 atom stereocenters. The number of hydrogen-bond acceptors (Lipinski definition) is 5. The Morgan fingerprint density at radius 3 is 2.50 bits per heavy atom. The van der Waals surface area contributed by atoms with Crippen molar-refractivity contribution in [3.05, 3.63) is 87.9 Å². The van der Waals surface area contributed by atoms with Crippen molar-refractivity contribution in [1.29, 1.82) is 0 Å². The maximum absolute atomic E-state index is 11.9. The third-order valence-electron chi connectivity index (χ3n) is 4.16.